The van der Waals surface area contributed by atoms with Gasteiger partial charge in [0, 0.05) is 17.5 Å². The molecule has 0 spiro atoms. The number of halogens is 2. The standard InChI is InChI=1S/C15H17ClFNO2/c1-15(2)12(8-13(15)19)18-14(20)6-4-9-3-5-11(17)10(16)7-9/h3-7,12-13,19H,8H2,1-2H3,(H,18,20)/b6-4+. The molecule has 0 bridgehead atoms. The molecule has 0 aromatic heterocycles. The molecule has 0 heterocycles. The van der Waals surface area contributed by atoms with Crippen molar-refractivity contribution in [2.45, 2.75) is 32.4 Å². The Labute approximate surface area is 122 Å². The summed E-state index contributed by atoms with van der Waals surface area (Å²) < 4.78 is 13.0. The molecule has 1 fully saturated rings. The van der Waals surface area contributed by atoms with Gasteiger partial charge in [-0.1, -0.05) is 31.5 Å². The van der Waals surface area contributed by atoms with Crippen LogP contribution in [0, 0.1) is 11.2 Å². The first kappa shape index (κ1) is 15.0. The number of nitrogens with one attached hydrogen (secondary N) is 1. The van der Waals surface area contributed by atoms with Crippen molar-refractivity contribution in [3.8, 4) is 0 Å². The first-order valence-electron chi connectivity index (χ1n) is 6.42. The average molecular weight is 298 g/mol. The highest BCUT2D eigenvalue weighted by molar-refractivity contribution is 6.30. The largest absolute Gasteiger partial charge is 0.392 e. The second-order valence-corrected chi connectivity index (χ2v) is 6.05. The van der Waals surface area contributed by atoms with Gasteiger partial charge in [0.05, 0.1) is 11.1 Å². The predicted molar refractivity (Wildman–Crippen MR) is 76.8 cm³/mol. The van der Waals surface area contributed by atoms with E-state index in [1.165, 1.54) is 18.2 Å². The fourth-order valence-corrected chi connectivity index (χ4v) is 2.34. The third kappa shape index (κ3) is 3.02. The summed E-state index contributed by atoms with van der Waals surface area (Å²) in [6.45, 7) is 3.82. The molecule has 5 heteroatoms. The van der Waals surface area contributed by atoms with Gasteiger partial charge in [-0.25, -0.2) is 4.39 Å². The number of hydrogen-bond donors (Lipinski definition) is 2. The third-order valence-electron chi connectivity index (χ3n) is 3.90. The lowest BCUT2D eigenvalue weighted by molar-refractivity contribution is -0.124. The van der Waals surface area contributed by atoms with E-state index in [1.807, 2.05) is 13.8 Å². The van der Waals surface area contributed by atoms with Crippen molar-refractivity contribution in [1.29, 1.82) is 0 Å². The van der Waals surface area contributed by atoms with Gasteiger partial charge in [-0.15, -0.1) is 0 Å². The summed E-state index contributed by atoms with van der Waals surface area (Å²) in [5, 5.41) is 12.5. The van der Waals surface area contributed by atoms with E-state index >= 15 is 0 Å². The highest BCUT2D eigenvalue weighted by Gasteiger charge is 2.47. The summed E-state index contributed by atoms with van der Waals surface area (Å²) in [5.41, 5.74) is 0.349. The van der Waals surface area contributed by atoms with Gasteiger partial charge in [0.15, 0.2) is 0 Å². The van der Waals surface area contributed by atoms with Crippen molar-refractivity contribution >= 4 is 23.6 Å². The van der Waals surface area contributed by atoms with Crippen LogP contribution in [0.15, 0.2) is 24.3 Å². The van der Waals surface area contributed by atoms with E-state index in [2.05, 4.69) is 5.32 Å². The van der Waals surface area contributed by atoms with E-state index in [4.69, 9.17) is 11.6 Å². The molecule has 20 heavy (non-hydrogen) atoms. The second kappa shape index (κ2) is 5.54. The Morgan fingerprint density at radius 2 is 2.25 bits per heavy atom. The molecule has 0 saturated heterocycles. The Kier molecular flexibility index (Phi) is 4.16. The molecule has 3 nitrogen and oxygen atoms in total. The first-order valence-corrected chi connectivity index (χ1v) is 6.80. The normalized spacial score (nSPS) is 24.4. The van der Waals surface area contributed by atoms with E-state index in [9.17, 15) is 14.3 Å². The predicted octanol–water partition coefficient (Wildman–Crippen LogP) is 2.77. The Balaban J connectivity index is 1.94. The molecule has 0 aliphatic heterocycles. The minimum absolute atomic E-state index is 0.0239. The van der Waals surface area contributed by atoms with Crippen LogP contribution in [0.1, 0.15) is 25.8 Å². The van der Waals surface area contributed by atoms with Gasteiger partial charge >= 0.3 is 0 Å². The Bertz CT molecular complexity index is 557. The van der Waals surface area contributed by atoms with Crippen molar-refractivity contribution in [1.82, 2.24) is 5.32 Å². The Morgan fingerprint density at radius 1 is 1.55 bits per heavy atom. The van der Waals surface area contributed by atoms with Crippen LogP contribution in [0.4, 0.5) is 4.39 Å². The first-order chi connectivity index (χ1) is 9.30. The fraction of sp³-hybridized carbons (Fsp3) is 0.400. The average Bonchev–Trinajstić information content (AvgIpc) is 2.40. The number of aliphatic hydroxyl groups excluding tert-OH is 1. The highest BCUT2D eigenvalue weighted by Crippen LogP contribution is 2.40. The third-order valence-corrected chi connectivity index (χ3v) is 4.19. The van der Waals surface area contributed by atoms with Gasteiger partial charge < -0.3 is 10.4 Å². The minimum atomic E-state index is -0.488. The molecule has 2 unspecified atom stereocenters. The molecule has 1 aromatic carbocycles. The summed E-state index contributed by atoms with van der Waals surface area (Å²) >= 11 is 5.66. The van der Waals surface area contributed by atoms with Crippen LogP contribution in [0.2, 0.25) is 5.02 Å². The molecule has 0 radical (unpaired) electrons. The molecule has 2 atom stereocenters. The van der Waals surface area contributed by atoms with Gasteiger partial charge in [0.2, 0.25) is 5.91 Å². The number of carbonyl (C=O) groups excluding carboxylic acids is 1. The summed E-state index contributed by atoms with van der Waals surface area (Å²) in [4.78, 5) is 11.8. The number of hydrogen-bond acceptors (Lipinski definition) is 2. The van der Waals surface area contributed by atoms with E-state index in [1.54, 1.807) is 12.1 Å². The van der Waals surface area contributed by atoms with Crippen LogP contribution in [-0.4, -0.2) is 23.2 Å². The number of aliphatic hydroxyl groups is 1. The quantitative estimate of drug-likeness (QED) is 0.843. The van der Waals surface area contributed by atoms with Crippen LogP contribution in [-0.2, 0) is 4.79 Å². The summed E-state index contributed by atoms with van der Waals surface area (Å²) in [6, 6.07) is 4.22. The van der Waals surface area contributed by atoms with Crippen molar-refractivity contribution in [3.63, 3.8) is 0 Å². The molecule has 1 amide bonds. The van der Waals surface area contributed by atoms with Gasteiger partial charge in [-0.3, -0.25) is 4.79 Å². The van der Waals surface area contributed by atoms with Gasteiger partial charge in [0.1, 0.15) is 5.82 Å². The second-order valence-electron chi connectivity index (χ2n) is 5.64. The van der Waals surface area contributed by atoms with E-state index in [-0.39, 0.29) is 28.5 Å². The molecule has 1 aliphatic carbocycles. The zero-order valence-corrected chi connectivity index (χ0v) is 12.1. The maximum Gasteiger partial charge on any atom is 0.244 e. The van der Waals surface area contributed by atoms with Crippen LogP contribution in [0.3, 0.4) is 0 Å². The maximum absolute atomic E-state index is 13.0. The summed E-state index contributed by atoms with van der Waals surface area (Å²) in [5.74, 6) is -0.728. The Morgan fingerprint density at radius 3 is 2.80 bits per heavy atom. The summed E-state index contributed by atoms with van der Waals surface area (Å²) in [7, 11) is 0. The lowest BCUT2D eigenvalue weighted by Gasteiger charge is -2.49. The highest BCUT2D eigenvalue weighted by atomic mass is 35.5. The molecule has 108 valence electrons. The smallest absolute Gasteiger partial charge is 0.244 e. The molecular formula is C15H17ClFNO2. The maximum atomic E-state index is 13.0. The number of benzene rings is 1. The number of rotatable bonds is 3. The van der Waals surface area contributed by atoms with Gasteiger partial charge in [0.25, 0.3) is 0 Å². The zero-order valence-electron chi connectivity index (χ0n) is 11.4. The molecule has 1 saturated carbocycles. The van der Waals surface area contributed by atoms with Crippen LogP contribution < -0.4 is 5.32 Å². The minimum Gasteiger partial charge on any atom is -0.392 e. The molecule has 2 rings (SSSR count). The van der Waals surface area contributed by atoms with Crippen molar-refractivity contribution in [2.75, 3.05) is 0 Å². The zero-order chi connectivity index (χ0) is 14.9. The lowest BCUT2D eigenvalue weighted by atomic mass is 9.64. The SMILES string of the molecule is CC1(C)C(O)CC1NC(=O)/C=C/c1ccc(F)c(Cl)c1. The number of amides is 1. The van der Waals surface area contributed by atoms with Crippen molar-refractivity contribution in [3.05, 3.63) is 40.7 Å². The lowest BCUT2D eigenvalue weighted by Crippen LogP contribution is -2.60. The monoisotopic (exact) mass is 297 g/mol. The Hall–Kier alpha value is -1.39. The number of carbonyl (C=O) groups is 1. The van der Waals surface area contributed by atoms with Crippen LogP contribution in [0.25, 0.3) is 6.08 Å². The van der Waals surface area contributed by atoms with Crippen LogP contribution in [0.5, 0.6) is 0 Å². The molecule has 1 aliphatic rings. The topological polar surface area (TPSA) is 49.3 Å². The van der Waals surface area contributed by atoms with Gasteiger partial charge in [-0.2, -0.15) is 0 Å². The molecule has 1 aromatic rings. The van der Waals surface area contributed by atoms with Crippen molar-refractivity contribution in [2.24, 2.45) is 5.41 Å². The van der Waals surface area contributed by atoms with Crippen molar-refractivity contribution < 1.29 is 14.3 Å². The molecule has 2 N–H and O–H groups in total. The fourth-order valence-electron chi connectivity index (χ4n) is 2.16. The summed E-state index contributed by atoms with van der Waals surface area (Å²) in [6.07, 6.45) is 3.13. The van der Waals surface area contributed by atoms with Gasteiger partial charge in [-0.05, 0) is 30.2 Å². The van der Waals surface area contributed by atoms with E-state index < -0.39 is 5.82 Å². The van der Waals surface area contributed by atoms with Crippen LogP contribution >= 0.6 is 11.6 Å². The molecular weight excluding hydrogens is 281 g/mol. The van der Waals surface area contributed by atoms with E-state index in [0.29, 0.717) is 12.0 Å². The van der Waals surface area contributed by atoms with E-state index in [0.717, 1.165) is 0 Å².